The average Bonchev–Trinajstić information content (AvgIpc) is 3.39. The lowest BCUT2D eigenvalue weighted by Crippen LogP contribution is -2.62. The molecule has 0 radical (unpaired) electrons. The lowest BCUT2D eigenvalue weighted by molar-refractivity contribution is -0.147. The molecule has 208 valence electrons. The average molecular weight is 521 g/mol. The molecule has 37 heavy (non-hydrogen) atoms. The molecule has 1 aliphatic heterocycles. The smallest absolute Gasteiger partial charge is 0.408 e. The first-order chi connectivity index (χ1) is 17.1. The minimum atomic E-state index is -0.989. The molecule has 2 unspecified atom stereocenters. The minimum Gasteiger partial charge on any atom is -0.444 e. The molecule has 1 saturated carbocycles. The summed E-state index contributed by atoms with van der Waals surface area (Å²) in [6.45, 7) is 16.3. The van der Waals surface area contributed by atoms with Crippen molar-refractivity contribution in [2.75, 3.05) is 6.54 Å². The fourth-order valence-corrected chi connectivity index (χ4v) is 5.09. The molecule has 0 spiro atoms. The molecule has 1 heterocycles. The molecule has 3 N–H and O–H groups in total. The van der Waals surface area contributed by atoms with Crippen molar-refractivity contribution in [1.29, 1.82) is 0 Å². The number of alkyl carbamates (subject to hydrolysis) is 1. The number of hydrogen-bond acceptors (Lipinski definition) is 6. The van der Waals surface area contributed by atoms with E-state index in [0.29, 0.717) is 19.3 Å². The van der Waals surface area contributed by atoms with Gasteiger partial charge in [0.2, 0.25) is 17.6 Å². The maximum absolute atomic E-state index is 13.9. The number of nitrogens with zero attached hydrogens (tertiary/aromatic N) is 1. The Kier molecular flexibility index (Phi) is 9.91. The van der Waals surface area contributed by atoms with Gasteiger partial charge < -0.3 is 25.6 Å². The van der Waals surface area contributed by atoms with Gasteiger partial charge >= 0.3 is 6.09 Å². The number of nitrogens with one attached hydrogen (secondary N) is 3. The van der Waals surface area contributed by atoms with Crippen molar-refractivity contribution in [2.45, 2.75) is 110 Å². The molecular weight excluding hydrogens is 476 g/mol. The Morgan fingerprint density at radius 1 is 1.05 bits per heavy atom. The number of likely N-dealkylation sites (tertiary alicyclic amines) is 1. The summed E-state index contributed by atoms with van der Waals surface area (Å²) in [6, 6.07) is -2.82. The summed E-state index contributed by atoms with van der Waals surface area (Å²) < 4.78 is 5.39. The summed E-state index contributed by atoms with van der Waals surface area (Å²) in [7, 11) is 0. The van der Waals surface area contributed by atoms with Gasteiger partial charge in [0.15, 0.2) is 0 Å². The maximum atomic E-state index is 13.9. The normalized spacial score (nSPS) is 22.6. The lowest BCUT2D eigenvalue weighted by atomic mass is 9.85. The molecular formula is C27H44N4O6. The van der Waals surface area contributed by atoms with Crippen LogP contribution in [0.15, 0.2) is 12.7 Å². The van der Waals surface area contributed by atoms with E-state index < -0.39 is 52.8 Å². The predicted octanol–water partition coefficient (Wildman–Crippen LogP) is 2.46. The third kappa shape index (κ3) is 7.79. The van der Waals surface area contributed by atoms with Crippen LogP contribution in [0.1, 0.15) is 80.6 Å². The molecule has 1 saturated heterocycles. The Bertz CT molecular complexity index is 904. The summed E-state index contributed by atoms with van der Waals surface area (Å²) in [5.41, 5.74) is -1.38. The molecule has 5 atom stereocenters. The molecule has 2 bridgehead atoms. The van der Waals surface area contributed by atoms with E-state index in [-0.39, 0.29) is 24.4 Å². The first kappa shape index (κ1) is 30.3. The van der Waals surface area contributed by atoms with E-state index in [1.807, 2.05) is 27.7 Å². The first-order valence-electron chi connectivity index (χ1n) is 13.2. The lowest BCUT2D eigenvalue weighted by Gasteiger charge is -2.40. The van der Waals surface area contributed by atoms with Crippen LogP contribution in [0.5, 0.6) is 0 Å². The molecule has 2 rings (SSSR count). The third-order valence-electron chi connectivity index (χ3n) is 6.72. The van der Waals surface area contributed by atoms with Crippen LogP contribution < -0.4 is 16.0 Å². The summed E-state index contributed by atoms with van der Waals surface area (Å²) in [6.07, 6.45) is 3.88. The standard InChI is InChI=1S/C27H44N4O6/c1-9-11-18(20(32)23(34)28-14-10-2)29-22(33)19-16-12-13-17(15-16)31(19)24(35)21(26(3,4)5)30-25(36)37-27(6,7)8/h10,16-19,21H,2,9,11-15H2,1,3-8H3,(H,28,34)(H,29,33)(H,30,36)/t16?,17?,18-,19+,21+/m1/s1. The van der Waals surface area contributed by atoms with E-state index >= 15 is 0 Å². The molecule has 2 fully saturated rings. The Morgan fingerprint density at radius 3 is 2.24 bits per heavy atom. The highest BCUT2D eigenvalue weighted by atomic mass is 16.6. The van der Waals surface area contributed by atoms with Gasteiger partial charge in [-0.1, -0.05) is 40.2 Å². The van der Waals surface area contributed by atoms with Crippen molar-refractivity contribution in [1.82, 2.24) is 20.9 Å². The zero-order valence-corrected chi connectivity index (χ0v) is 23.3. The number of amides is 4. The van der Waals surface area contributed by atoms with E-state index in [2.05, 4.69) is 22.5 Å². The van der Waals surface area contributed by atoms with Crippen molar-refractivity contribution in [3.63, 3.8) is 0 Å². The van der Waals surface area contributed by atoms with Gasteiger partial charge in [-0.05, 0) is 57.8 Å². The largest absolute Gasteiger partial charge is 0.444 e. The molecule has 10 heteroatoms. The molecule has 0 aromatic rings. The Hall–Kier alpha value is -2.91. The molecule has 1 aliphatic carbocycles. The Balaban J connectivity index is 2.26. The quantitative estimate of drug-likeness (QED) is 0.299. The van der Waals surface area contributed by atoms with Crippen LogP contribution in [-0.2, 0) is 23.9 Å². The minimum absolute atomic E-state index is 0.0527. The van der Waals surface area contributed by atoms with E-state index in [0.717, 1.165) is 12.8 Å². The van der Waals surface area contributed by atoms with Crippen molar-refractivity contribution in [3.05, 3.63) is 12.7 Å². The number of fused-ring (bicyclic) bond motifs is 2. The summed E-state index contributed by atoms with van der Waals surface area (Å²) in [5, 5.41) is 7.94. The van der Waals surface area contributed by atoms with Crippen LogP contribution in [0.3, 0.4) is 0 Å². The first-order valence-corrected chi connectivity index (χ1v) is 13.2. The van der Waals surface area contributed by atoms with Gasteiger partial charge in [0.1, 0.15) is 17.7 Å². The van der Waals surface area contributed by atoms with Crippen LogP contribution >= 0.6 is 0 Å². The van der Waals surface area contributed by atoms with Gasteiger partial charge in [0.05, 0.1) is 6.04 Å². The molecule has 4 amide bonds. The van der Waals surface area contributed by atoms with E-state index in [1.165, 1.54) is 6.08 Å². The van der Waals surface area contributed by atoms with E-state index in [9.17, 15) is 24.0 Å². The topological polar surface area (TPSA) is 134 Å². The zero-order valence-electron chi connectivity index (χ0n) is 23.3. The van der Waals surface area contributed by atoms with Crippen LogP contribution in [0.4, 0.5) is 4.79 Å². The SMILES string of the molecule is C=CCNC(=O)C(=O)[C@@H](CCC)NC(=O)[C@@H]1C2CCC(C2)N1C(=O)[C@H](NC(=O)OC(C)(C)C)C(C)(C)C. The monoisotopic (exact) mass is 520 g/mol. The van der Waals surface area contributed by atoms with Gasteiger partial charge in [-0.25, -0.2) is 4.79 Å². The number of carbonyl (C=O) groups is 5. The number of ether oxygens (including phenoxy) is 1. The van der Waals surface area contributed by atoms with Gasteiger partial charge in [-0.15, -0.1) is 6.58 Å². The molecule has 10 nitrogen and oxygen atoms in total. The number of hydrogen-bond donors (Lipinski definition) is 3. The van der Waals surface area contributed by atoms with Crippen molar-refractivity contribution in [2.24, 2.45) is 11.3 Å². The van der Waals surface area contributed by atoms with Crippen molar-refractivity contribution >= 4 is 29.6 Å². The Labute approximate surface area is 220 Å². The highest BCUT2D eigenvalue weighted by Crippen LogP contribution is 2.43. The highest BCUT2D eigenvalue weighted by Gasteiger charge is 2.54. The van der Waals surface area contributed by atoms with Gasteiger partial charge in [-0.2, -0.15) is 0 Å². The number of carbonyl (C=O) groups excluding carboxylic acids is 5. The van der Waals surface area contributed by atoms with Crippen LogP contribution in [0.25, 0.3) is 0 Å². The second-order valence-corrected chi connectivity index (χ2v) is 12.1. The fourth-order valence-electron chi connectivity index (χ4n) is 5.09. The van der Waals surface area contributed by atoms with Crippen LogP contribution in [-0.4, -0.2) is 70.8 Å². The highest BCUT2D eigenvalue weighted by molar-refractivity contribution is 6.38. The molecule has 2 aliphatic rings. The Morgan fingerprint density at radius 2 is 1.70 bits per heavy atom. The summed E-state index contributed by atoms with van der Waals surface area (Å²) in [4.78, 5) is 66.6. The summed E-state index contributed by atoms with van der Waals surface area (Å²) >= 11 is 0. The number of piperidine rings is 1. The third-order valence-corrected chi connectivity index (χ3v) is 6.72. The van der Waals surface area contributed by atoms with Crippen molar-refractivity contribution in [3.8, 4) is 0 Å². The molecule has 0 aromatic heterocycles. The number of Topliss-reactive ketones (excluding diaryl/α,β-unsaturated/α-hetero) is 1. The van der Waals surface area contributed by atoms with Crippen LogP contribution in [0.2, 0.25) is 0 Å². The van der Waals surface area contributed by atoms with Crippen LogP contribution in [0, 0.1) is 11.3 Å². The predicted molar refractivity (Wildman–Crippen MR) is 139 cm³/mol. The molecule has 0 aromatic carbocycles. The maximum Gasteiger partial charge on any atom is 0.408 e. The van der Waals surface area contributed by atoms with Gasteiger partial charge in [0.25, 0.3) is 5.91 Å². The van der Waals surface area contributed by atoms with E-state index in [4.69, 9.17) is 4.74 Å². The second kappa shape index (κ2) is 12.1. The fraction of sp³-hybridized carbons (Fsp3) is 0.741. The van der Waals surface area contributed by atoms with Gasteiger partial charge in [0, 0.05) is 12.6 Å². The number of rotatable bonds is 10. The van der Waals surface area contributed by atoms with Gasteiger partial charge in [-0.3, -0.25) is 19.2 Å². The summed E-state index contributed by atoms with van der Waals surface area (Å²) in [5.74, 6) is -2.37. The number of ketones is 1. The zero-order chi connectivity index (χ0) is 28.1. The second-order valence-electron chi connectivity index (χ2n) is 12.1. The van der Waals surface area contributed by atoms with E-state index in [1.54, 1.807) is 25.7 Å². The van der Waals surface area contributed by atoms with Crippen molar-refractivity contribution < 1.29 is 28.7 Å².